The van der Waals surface area contributed by atoms with E-state index in [-0.39, 0.29) is 19.3 Å². The Labute approximate surface area is 613 Å². The van der Waals surface area contributed by atoms with Gasteiger partial charge in [0.05, 0.1) is 26.4 Å². The second-order valence-electron chi connectivity index (χ2n) is 25.8. The smallest absolute Gasteiger partial charge is 0.463 e. The summed E-state index contributed by atoms with van der Waals surface area (Å²) in [5.41, 5.74) is 0. The van der Waals surface area contributed by atoms with Crippen molar-refractivity contribution < 1.29 is 75.8 Å². The first-order valence-corrected chi connectivity index (χ1v) is 42.1. The molecule has 0 saturated heterocycles. The van der Waals surface area contributed by atoms with Crippen LogP contribution in [0.1, 0.15) is 303 Å². The van der Waals surface area contributed by atoms with Gasteiger partial charge in [-0.1, -0.05) is 282 Å². The van der Waals surface area contributed by atoms with Gasteiger partial charge in [-0.15, -0.1) is 0 Å². The number of rotatable bonds is 73. The number of ether oxygens (including phenoxy) is 3. The van der Waals surface area contributed by atoms with Crippen LogP contribution in [0.3, 0.4) is 0 Å². The SMILES string of the molecule is CC/C=C\C/C=C\C/C=C\C/C=C\C/C=C\C/C=C\CCCCCCCCC(=O)OCC(O)COP(=O)(O)OCC(O)COP(=O)(O)OCC(COC(=O)CCCCCCCCCCC/C=C\C/C=C\C/C=C\C/C=C\CCCCC)OC(=O)CCCCCCC/C=C\C/C=C\CCCCC. The van der Waals surface area contributed by atoms with Gasteiger partial charge in [-0.05, 0) is 148 Å². The van der Waals surface area contributed by atoms with Crippen LogP contribution < -0.4 is 0 Å². The predicted octanol–water partition coefficient (Wildman–Crippen LogP) is 22.9. The summed E-state index contributed by atoms with van der Waals surface area (Å²) in [7, 11) is -9.81. The molecule has 0 aliphatic rings. The molecule has 0 bridgehead atoms. The molecule has 0 aromatic rings. The van der Waals surface area contributed by atoms with Gasteiger partial charge in [0.25, 0.3) is 0 Å². The van der Waals surface area contributed by atoms with E-state index in [0.29, 0.717) is 19.3 Å². The van der Waals surface area contributed by atoms with E-state index in [0.717, 1.165) is 173 Å². The van der Waals surface area contributed by atoms with Crippen molar-refractivity contribution in [3.05, 3.63) is 146 Å². The molecule has 101 heavy (non-hydrogen) atoms. The molecule has 16 nitrogen and oxygen atoms in total. The maximum atomic E-state index is 13.0. The lowest BCUT2D eigenvalue weighted by molar-refractivity contribution is -0.161. The largest absolute Gasteiger partial charge is 0.472 e. The second-order valence-corrected chi connectivity index (χ2v) is 28.7. The topological polar surface area (TPSA) is 231 Å². The summed E-state index contributed by atoms with van der Waals surface area (Å²) in [5.74, 6) is -1.61. The zero-order chi connectivity index (χ0) is 73.7. The summed E-state index contributed by atoms with van der Waals surface area (Å²) >= 11 is 0. The Morgan fingerprint density at radius 2 is 0.525 bits per heavy atom. The van der Waals surface area contributed by atoms with Crippen molar-refractivity contribution >= 4 is 33.6 Å². The van der Waals surface area contributed by atoms with Crippen molar-refractivity contribution in [1.82, 2.24) is 0 Å². The molecule has 18 heteroatoms. The van der Waals surface area contributed by atoms with Gasteiger partial charge in [-0.25, -0.2) is 9.13 Å². The number of hydrogen-bond acceptors (Lipinski definition) is 14. The van der Waals surface area contributed by atoms with E-state index in [1.807, 2.05) is 0 Å². The summed E-state index contributed by atoms with van der Waals surface area (Å²) in [6, 6.07) is 0. The Morgan fingerprint density at radius 3 is 0.832 bits per heavy atom. The van der Waals surface area contributed by atoms with Gasteiger partial charge in [0.1, 0.15) is 25.4 Å². The van der Waals surface area contributed by atoms with E-state index in [1.165, 1.54) is 70.6 Å². The van der Waals surface area contributed by atoms with Crippen LogP contribution in [0, 0.1) is 0 Å². The first-order valence-electron chi connectivity index (χ1n) is 39.1. The number of aliphatic hydroxyl groups is 2. The third kappa shape index (κ3) is 76.4. The molecular formula is C83H140O16P2. The molecule has 0 heterocycles. The zero-order valence-electron chi connectivity index (χ0n) is 63.0. The molecule has 0 aliphatic heterocycles. The maximum Gasteiger partial charge on any atom is 0.472 e. The van der Waals surface area contributed by atoms with Crippen LogP contribution in [0.4, 0.5) is 0 Å². The highest BCUT2D eigenvalue weighted by Gasteiger charge is 2.29. The number of hydrogen-bond donors (Lipinski definition) is 4. The molecule has 0 rings (SSSR count). The minimum Gasteiger partial charge on any atom is -0.463 e. The minimum absolute atomic E-state index is 0.0835. The standard InChI is InChI=1S/C83H140O16P2/c1-4-7-10-13-16-19-22-25-28-30-32-34-36-38-40-42-44-46-49-51-54-57-60-63-66-69-81(86)93-72-78(84)73-95-100(89,90)96-74-79(85)75-97-101(91,92)98-77-80(99-83(88)71-68-65-62-59-56-53-48-27-24-21-18-15-12-9-6-3)76-94-82(87)70-67-64-61-58-55-52-50-47-45-43-41-39-37-35-33-31-29-26-23-20-17-14-11-8-5-2/h7,10,16-21,25-29,32-35,38-41,44,46,48,78-80,84-85H,4-6,8-9,11-15,22-24,30-31,36-37,42-43,45,47,49-77H2,1-3H3,(H,89,90)(H,91,92)/b10-7-,19-16-,20-17-,21-18-,28-25-,29-26-,34-32-,35-33-,40-38-,41-39-,46-44-,48-27-. The number of unbranched alkanes of at least 4 members (excludes halogenated alkanes) is 26. The zero-order valence-corrected chi connectivity index (χ0v) is 64.8. The van der Waals surface area contributed by atoms with E-state index < -0.39 is 91.5 Å². The van der Waals surface area contributed by atoms with Crippen molar-refractivity contribution in [3.8, 4) is 0 Å². The van der Waals surface area contributed by atoms with E-state index in [4.69, 9.17) is 32.3 Å². The highest BCUT2D eigenvalue weighted by Crippen LogP contribution is 2.45. The van der Waals surface area contributed by atoms with Crippen molar-refractivity contribution in [1.29, 1.82) is 0 Å². The highest BCUT2D eigenvalue weighted by atomic mass is 31.2. The van der Waals surface area contributed by atoms with Crippen molar-refractivity contribution in [3.63, 3.8) is 0 Å². The third-order valence-electron chi connectivity index (χ3n) is 16.0. The number of allylic oxidation sites excluding steroid dienone is 24. The lowest BCUT2D eigenvalue weighted by Gasteiger charge is -2.21. The van der Waals surface area contributed by atoms with Gasteiger partial charge in [-0.3, -0.25) is 32.5 Å². The van der Waals surface area contributed by atoms with Gasteiger partial charge >= 0.3 is 33.6 Å². The maximum absolute atomic E-state index is 13.0. The van der Waals surface area contributed by atoms with Gasteiger partial charge in [0.2, 0.25) is 0 Å². The van der Waals surface area contributed by atoms with Crippen LogP contribution in [0.5, 0.6) is 0 Å². The monoisotopic (exact) mass is 1450 g/mol. The van der Waals surface area contributed by atoms with Crippen molar-refractivity contribution in [2.75, 3.05) is 39.6 Å². The number of carbonyl (C=O) groups excluding carboxylic acids is 3. The number of aliphatic hydroxyl groups excluding tert-OH is 2. The van der Waals surface area contributed by atoms with Crippen LogP contribution in [0.15, 0.2) is 146 Å². The quantitative estimate of drug-likeness (QED) is 0.0146. The van der Waals surface area contributed by atoms with Crippen LogP contribution in [0.2, 0.25) is 0 Å². The second kappa shape index (κ2) is 75.1. The average Bonchev–Trinajstić information content (AvgIpc) is 1.19. The number of phosphoric acid groups is 2. The van der Waals surface area contributed by atoms with E-state index >= 15 is 0 Å². The Hall–Kier alpha value is -4.57. The summed E-state index contributed by atoms with van der Waals surface area (Å²) in [5, 5.41) is 20.6. The van der Waals surface area contributed by atoms with E-state index in [9.17, 15) is 43.5 Å². The average molecular weight is 1460 g/mol. The summed E-state index contributed by atoms with van der Waals surface area (Å²) in [6.07, 6.45) is 91.7. The number of phosphoric ester groups is 2. The van der Waals surface area contributed by atoms with Crippen molar-refractivity contribution in [2.24, 2.45) is 0 Å². The summed E-state index contributed by atoms with van der Waals surface area (Å²) in [4.78, 5) is 58.6. The Bertz CT molecular complexity index is 2420. The number of esters is 3. The lowest BCUT2D eigenvalue weighted by atomic mass is 10.1. The first kappa shape index (κ1) is 96.4. The molecule has 5 atom stereocenters. The van der Waals surface area contributed by atoms with E-state index in [2.05, 4.69) is 167 Å². The molecule has 578 valence electrons. The molecule has 0 aliphatic carbocycles. The highest BCUT2D eigenvalue weighted by molar-refractivity contribution is 7.47. The Kier molecular flexibility index (Phi) is 71.7. The molecule has 4 N–H and O–H groups in total. The minimum atomic E-state index is -4.94. The van der Waals surface area contributed by atoms with Crippen molar-refractivity contribution in [2.45, 2.75) is 322 Å². The fraction of sp³-hybridized carbons (Fsp3) is 0.675. The van der Waals surface area contributed by atoms with E-state index in [1.54, 1.807) is 0 Å². The molecule has 0 spiro atoms. The molecule has 0 fully saturated rings. The van der Waals surface area contributed by atoms with Gasteiger partial charge < -0.3 is 34.2 Å². The van der Waals surface area contributed by atoms with Crippen LogP contribution in [0.25, 0.3) is 0 Å². The molecule has 0 aromatic heterocycles. The summed E-state index contributed by atoms with van der Waals surface area (Å²) < 4.78 is 61.1. The predicted molar refractivity (Wildman–Crippen MR) is 417 cm³/mol. The fourth-order valence-corrected chi connectivity index (χ4v) is 11.6. The lowest BCUT2D eigenvalue weighted by Crippen LogP contribution is -2.30. The summed E-state index contributed by atoms with van der Waals surface area (Å²) in [6.45, 7) is 2.47. The van der Waals surface area contributed by atoms with Gasteiger partial charge in [0.15, 0.2) is 6.10 Å². The fourth-order valence-electron chi connectivity index (χ4n) is 10.1. The van der Waals surface area contributed by atoms with Crippen LogP contribution >= 0.6 is 15.6 Å². The molecule has 0 amide bonds. The third-order valence-corrected chi connectivity index (χ3v) is 17.9. The molecular weight excluding hydrogens is 1310 g/mol. The normalized spacial score (nSPS) is 14.8. The van der Waals surface area contributed by atoms with Crippen LogP contribution in [-0.2, 0) is 55.8 Å². The van der Waals surface area contributed by atoms with Gasteiger partial charge in [-0.2, -0.15) is 0 Å². The van der Waals surface area contributed by atoms with Gasteiger partial charge in [0, 0.05) is 19.3 Å². The molecule has 0 aromatic carbocycles. The molecule has 0 saturated carbocycles. The Morgan fingerprint density at radius 1 is 0.287 bits per heavy atom. The molecule has 5 unspecified atom stereocenters. The first-order chi connectivity index (χ1) is 49.2. The Balaban J connectivity index is 4.64. The van der Waals surface area contributed by atoms with Crippen LogP contribution in [-0.4, -0.2) is 95.9 Å². The molecule has 0 radical (unpaired) electrons. The number of carbonyl (C=O) groups is 3.